The number of hydrogen-bond acceptors (Lipinski definition) is 7. The zero-order valence-corrected chi connectivity index (χ0v) is 20.5. The molecule has 0 atom stereocenters. The highest BCUT2D eigenvalue weighted by Gasteiger charge is 2.19. The molecule has 0 aliphatic rings. The molecule has 0 aliphatic carbocycles. The van der Waals surface area contributed by atoms with Crippen LogP contribution in [0.25, 0.3) is 21.8 Å². The summed E-state index contributed by atoms with van der Waals surface area (Å²) in [6.07, 6.45) is 4.17. The number of fused-ring (bicyclic) bond motifs is 2. The number of pyridine rings is 1. The van der Waals surface area contributed by atoms with Gasteiger partial charge in [-0.3, -0.25) is 20.2 Å². The summed E-state index contributed by atoms with van der Waals surface area (Å²) in [5.41, 5.74) is 1.24. The first-order chi connectivity index (χ1) is 18.3. The van der Waals surface area contributed by atoms with Gasteiger partial charge in [0.15, 0.2) is 0 Å². The van der Waals surface area contributed by atoms with Gasteiger partial charge >= 0.3 is 6.09 Å². The van der Waals surface area contributed by atoms with Crippen LogP contribution in [0.1, 0.15) is 30.6 Å². The van der Waals surface area contributed by atoms with Gasteiger partial charge in [0.1, 0.15) is 5.52 Å². The van der Waals surface area contributed by atoms with Gasteiger partial charge in [-0.1, -0.05) is 38.1 Å². The molecule has 5 rings (SSSR count). The summed E-state index contributed by atoms with van der Waals surface area (Å²) in [5.74, 6) is -0.134. The molecule has 0 fully saturated rings. The second kappa shape index (κ2) is 10.4. The number of carbonyl (C=O) groups is 3. The number of benzene rings is 2. The number of nitrogens with zero attached hydrogens (tertiary/aromatic N) is 3. The Morgan fingerprint density at radius 2 is 1.79 bits per heavy atom. The smallest absolute Gasteiger partial charge is 0.391 e. The summed E-state index contributed by atoms with van der Waals surface area (Å²) in [6, 6.07) is 12.3. The minimum absolute atomic E-state index is 0.0449. The molecular formula is C26H24N8O4. The number of rotatable bonds is 7. The van der Waals surface area contributed by atoms with Gasteiger partial charge < -0.3 is 20.0 Å². The Morgan fingerprint density at radius 3 is 2.55 bits per heavy atom. The molecule has 12 heteroatoms. The van der Waals surface area contributed by atoms with E-state index in [9.17, 15) is 14.4 Å². The van der Waals surface area contributed by atoms with Gasteiger partial charge in [-0.25, -0.2) is 19.7 Å². The second-order valence-corrected chi connectivity index (χ2v) is 8.93. The molecule has 192 valence electrons. The molecule has 38 heavy (non-hydrogen) atoms. The molecule has 0 saturated heterocycles. The van der Waals surface area contributed by atoms with Crippen LogP contribution in [0.3, 0.4) is 0 Å². The third kappa shape index (κ3) is 5.59. The maximum absolute atomic E-state index is 13.1. The standard InChI is InChI=1S/C26H24N8O4/c1-14(2)9-20(35)30-17-11-18(23(36)33-24-27-7-8-28-24)22-19(12-17)31-25(32-22)34-26(37)38-21-10-15-5-3-4-6-16(15)13-29-21/h3-8,10-14H,9H2,1-2H3,(H,30,35)(H2,27,28,33,36)(H2,31,32,34,37). The highest BCUT2D eigenvalue weighted by atomic mass is 16.6. The lowest BCUT2D eigenvalue weighted by Gasteiger charge is -2.09. The zero-order chi connectivity index (χ0) is 26.6. The van der Waals surface area contributed by atoms with Crippen molar-refractivity contribution in [2.24, 2.45) is 5.92 Å². The van der Waals surface area contributed by atoms with E-state index in [-0.39, 0.29) is 40.7 Å². The van der Waals surface area contributed by atoms with Crippen molar-refractivity contribution in [1.82, 2.24) is 24.9 Å². The Labute approximate surface area is 216 Å². The Kier molecular flexibility index (Phi) is 6.68. The fraction of sp³-hybridized carbons (Fsp3) is 0.154. The molecule has 3 aromatic heterocycles. The van der Waals surface area contributed by atoms with Gasteiger partial charge in [0.2, 0.25) is 23.7 Å². The van der Waals surface area contributed by atoms with E-state index < -0.39 is 12.0 Å². The quantitative estimate of drug-likeness (QED) is 0.211. The first-order valence-corrected chi connectivity index (χ1v) is 11.8. The van der Waals surface area contributed by atoms with Crippen LogP contribution in [0.2, 0.25) is 0 Å². The van der Waals surface area contributed by atoms with E-state index in [4.69, 9.17) is 4.74 Å². The monoisotopic (exact) mass is 512 g/mol. The van der Waals surface area contributed by atoms with Gasteiger partial charge in [0.05, 0.1) is 11.1 Å². The molecule has 12 nitrogen and oxygen atoms in total. The maximum atomic E-state index is 13.1. The van der Waals surface area contributed by atoms with E-state index >= 15 is 0 Å². The Balaban J connectivity index is 1.40. The van der Waals surface area contributed by atoms with Gasteiger partial charge in [-0.05, 0) is 23.4 Å². The van der Waals surface area contributed by atoms with Gasteiger partial charge in [0.25, 0.3) is 5.91 Å². The first-order valence-electron chi connectivity index (χ1n) is 11.8. The number of nitrogens with one attached hydrogen (secondary N) is 5. The van der Waals surface area contributed by atoms with Crippen molar-refractivity contribution >= 4 is 57.3 Å². The van der Waals surface area contributed by atoms with Crippen LogP contribution in [0, 0.1) is 5.92 Å². The van der Waals surface area contributed by atoms with E-state index in [1.54, 1.807) is 24.5 Å². The van der Waals surface area contributed by atoms with Crippen molar-refractivity contribution in [1.29, 1.82) is 0 Å². The summed E-state index contributed by atoms with van der Waals surface area (Å²) < 4.78 is 5.31. The van der Waals surface area contributed by atoms with Crippen molar-refractivity contribution in [3.05, 3.63) is 66.6 Å². The van der Waals surface area contributed by atoms with Crippen LogP contribution in [0.5, 0.6) is 5.88 Å². The Hall–Kier alpha value is -5.26. The SMILES string of the molecule is CC(C)CC(=O)Nc1cc(C(=O)Nc2ncc[nH]2)c2nc(NC(=O)Oc3cc4ccccc4cn3)[nH]c2c1. The van der Waals surface area contributed by atoms with Gasteiger partial charge in [0, 0.05) is 42.2 Å². The van der Waals surface area contributed by atoms with Crippen LogP contribution >= 0.6 is 0 Å². The molecule has 3 heterocycles. The molecule has 0 unspecified atom stereocenters. The van der Waals surface area contributed by atoms with Gasteiger partial charge in [-0.2, -0.15) is 0 Å². The largest absolute Gasteiger partial charge is 0.420 e. The van der Waals surface area contributed by atoms with Crippen LogP contribution in [-0.4, -0.2) is 42.8 Å². The van der Waals surface area contributed by atoms with Crippen molar-refractivity contribution in [2.75, 3.05) is 16.0 Å². The Morgan fingerprint density at radius 1 is 0.974 bits per heavy atom. The zero-order valence-electron chi connectivity index (χ0n) is 20.5. The topological polar surface area (TPSA) is 167 Å². The number of amides is 3. The summed E-state index contributed by atoms with van der Waals surface area (Å²) in [7, 11) is 0. The van der Waals surface area contributed by atoms with Crippen LogP contribution < -0.4 is 20.7 Å². The molecule has 0 radical (unpaired) electrons. The molecule has 3 amide bonds. The number of hydrogen-bond donors (Lipinski definition) is 5. The minimum atomic E-state index is -0.820. The van der Waals surface area contributed by atoms with Crippen LogP contribution in [-0.2, 0) is 4.79 Å². The lowest BCUT2D eigenvalue weighted by Crippen LogP contribution is -2.18. The molecular weight excluding hydrogens is 488 g/mol. The molecule has 5 N–H and O–H groups in total. The minimum Gasteiger partial charge on any atom is -0.391 e. The van der Waals surface area contributed by atoms with Gasteiger partial charge in [-0.15, -0.1) is 0 Å². The molecule has 0 aliphatic heterocycles. The normalized spacial score (nSPS) is 11.0. The lowest BCUT2D eigenvalue weighted by molar-refractivity contribution is -0.116. The fourth-order valence-corrected chi connectivity index (χ4v) is 3.85. The average Bonchev–Trinajstić information content (AvgIpc) is 3.52. The van der Waals surface area contributed by atoms with Crippen molar-refractivity contribution in [3.63, 3.8) is 0 Å². The number of aromatic nitrogens is 5. The average molecular weight is 513 g/mol. The highest BCUT2D eigenvalue weighted by molar-refractivity contribution is 6.13. The summed E-state index contributed by atoms with van der Waals surface area (Å²) in [6.45, 7) is 3.87. The van der Waals surface area contributed by atoms with Crippen LogP contribution in [0.4, 0.5) is 22.4 Å². The molecule has 0 bridgehead atoms. The third-order valence-corrected chi connectivity index (χ3v) is 5.46. The van der Waals surface area contributed by atoms with Crippen molar-refractivity contribution in [2.45, 2.75) is 20.3 Å². The van der Waals surface area contributed by atoms with E-state index in [0.717, 1.165) is 10.8 Å². The summed E-state index contributed by atoms with van der Waals surface area (Å²) in [4.78, 5) is 56.3. The molecule has 5 aromatic rings. The van der Waals surface area contributed by atoms with Crippen molar-refractivity contribution in [3.8, 4) is 5.88 Å². The highest BCUT2D eigenvalue weighted by Crippen LogP contribution is 2.26. The molecule has 2 aromatic carbocycles. The first kappa shape index (κ1) is 24.4. The molecule has 0 saturated carbocycles. The maximum Gasteiger partial charge on any atom is 0.420 e. The lowest BCUT2D eigenvalue weighted by atomic mass is 10.1. The summed E-state index contributed by atoms with van der Waals surface area (Å²) >= 11 is 0. The van der Waals surface area contributed by atoms with E-state index in [2.05, 4.69) is 40.9 Å². The number of aromatic amines is 2. The number of H-pyrrole nitrogens is 2. The predicted octanol–water partition coefficient (Wildman–Crippen LogP) is 4.68. The van der Waals surface area contributed by atoms with Crippen molar-refractivity contribution < 1.29 is 19.1 Å². The van der Waals surface area contributed by atoms with E-state index in [1.807, 2.05) is 38.1 Å². The summed E-state index contributed by atoms with van der Waals surface area (Å²) in [5, 5.41) is 9.75. The van der Waals surface area contributed by atoms with E-state index in [1.165, 1.54) is 12.3 Å². The number of ether oxygens (including phenoxy) is 1. The number of anilines is 3. The Bertz CT molecular complexity index is 1640. The molecule has 0 spiro atoms. The predicted molar refractivity (Wildman–Crippen MR) is 142 cm³/mol. The number of carbonyl (C=O) groups excluding carboxylic acids is 3. The third-order valence-electron chi connectivity index (χ3n) is 5.46. The number of imidazole rings is 2. The van der Waals surface area contributed by atoms with E-state index in [0.29, 0.717) is 17.6 Å². The fourth-order valence-electron chi connectivity index (χ4n) is 3.85. The second-order valence-electron chi connectivity index (χ2n) is 8.93. The van der Waals surface area contributed by atoms with Crippen LogP contribution in [0.15, 0.2) is 61.1 Å².